The van der Waals surface area contributed by atoms with Crippen molar-refractivity contribution in [3.05, 3.63) is 35.4 Å². The number of nitrogens with one attached hydrogen (secondary N) is 1. The Kier molecular flexibility index (Phi) is 6.69. The molecule has 1 aromatic carbocycles. The van der Waals surface area contributed by atoms with Crippen molar-refractivity contribution in [2.45, 2.75) is 31.8 Å². The Morgan fingerprint density at radius 1 is 1.20 bits per heavy atom. The van der Waals surface area contributed by atoms with E-state index in [1.165, 1.54) is 12.1 Å². The normalized spacial score (nSPS) is 11.9. The van der Waals surface area contributed by atoms with E-state index in [9.17, 15) is 9.59 Å². The molecule has 1 unspecified atom stereocenters. The molecular weight excluding hydrogens is 258 g/mol. The van der Waals surface area contributed by atoms with Crippen LogP contribution in [0, 0.1) is 0 Å². The van der Waals surface area contributed by atoms with E-state index in [0.29, 0.717) is 19.5 Å². The third kappa shape index (κ3) is 5.38. The predicted molar refractivity (Wildman–Crippen MR) is 76.1 cm³/mol. The van der Waals surface area contributed by atoms with Crippen LogP contribution in [-0.4, -0.2) is 29.6 Å². The Morgan fingerprint density at radius 3 is 2.40 bits per heavy atom. The Morgan fingerprint density at radius 2 is 1.85 bits per heavy atom. The van der Waals surface area contributed by atoms with Crippen LogP contribution in [0.3, 0.4) is 0 Å². The quantitative estimate of drug-likeness (QED) is 0.515. The van der Waals surface area contributed by atoms with Crippen molar-refractivity contribution in [1.29, 1.82) is 0 Å². The Balaban J connectivity index is 2.38. The van der Waals surface area contributed by atoms with Gasteiger partial charge in [0.15, 0.2) is 0 Å². The lowest BCUT2D eigenvalue weighted by Crippen LogP contribution is -2.40. The van der Waals surface area contributed by atoms with Gasteiger partial charge in [0.25, 0.3) is 0 Å². The number of unbranched alkanes of at least 4 members (excludes halogenated alkanes) is 1. The number of benzene rings is 1. The standard InChI is InChI=1S/C14H21N3O3/c15-8-2-1-3-12(16)13(18)17-9-10-4-6-11(7-5-10)14(19)20/h4-7,12H,1-3,8-9,15-16H2,(H,17,18)(H,19,20). The first kappa shape index (κ1) is 16.1. The van der Waals surface area contributed by atoms with E-state index < -0.39 is 12.0 Å². The summed E-state index contributed by atoms with van der Waals surface area (Å²) in [6.07, 6.45) is 2.30. The van der Waals surface area contributed by atoms with Crippen molar-refractivity contribution in [2.24, 2.45) is 11.5 Å². The number of amides is 1. The fourth-order valence-electron chi connectivity index (χ4n) is 1.73. The number of carbonyl (C=O) groups excluding carboxylic acids is 1. The molecule has 20 heavy (non-hydrogen) atoms. The van der Waals surface area contributed by atoms with E-state index in [2.05, 4.69) is 5.32 Å². The SMILES string of the molecule is NCCCCC(N)C(=O)NCc1ccc(C(=O)O)cc1. The first-order valence-corrected chi connectivity index (χ1v) is 6.60. The number of rotatable bonds is 8. The number of aromatic carboxylic acids is 1. The lowest BCUT2D eigenvalue weighted by molar-refractivity contribution is -0.122. The maximum Gasteiger partial charge on any atom is 0.335 e. The second-order valence-corrected chi connectivity index (χ2v) is 4.61. The molecule has 1 atom stereocenters. The minimum atomic E-state index is -0.970. The summed E-state index contributed by atoms with van der Waals surface area (Å²) in [4.78, 5) is 22.4. The van der Waals surface area contributed by atoms with Crippen LogP contribution in [0.2, 0.25) is 0 Å². The van der Waals surface area contributed by atoms with Gasteiger partial charge in [0.2, 0.25) is 5.91 Å². The van der Waals surface area contributed by atoms with E-state index >= 15 is 0 Å². The second kappa shape index (κ2) is 8.29. The molecule has 0 heterocycles. The molecule has 0 saturated carbocycles. The third-order valence-electron chi connectivity index (χ3n) is 2.97. The van der Waals surface area contributed by atoms with Gasteiger partial charge in [-0.3, -0.25) is 4.79 Å². The number of carbonyl (C=O) groups is 2. The molecule has 0 bridgehead atoms. The predicted octanol–water partition coefficient (Wildman–Crippen LogP) is 0.457. The van der Waals surface area contributed by atoms with Gasteiger partial charge in [-0.2, -0.15) is 0 Å². The first-order valence-electron chi connectivity index (χ1n) is 6.60. The van der Waals surface area contributed by atoms with E-state index in [1.807, 2.05) is 0 Å². The number of carboxylic acids is 1. The van der Waals surface area contributed by atoms with Crippen molar-refractivity contribution in [3.63, 3.8) is 0 Å². The fraction of sp³-hybridized carbons (Fsp3) is 0.429. The Labute approximate surface area is 118 Å². The van der Waals surface area contributed by atoms with Crippen molar-refractivity contribution in [2.75, 3.05) is 6.54 Å². The molecule has 1 amide bonds. The number of nitrogens with two attached hydrogens (primary N) is 2. The van der Waals surface area contributed by atoms with E-state index in [4.69, 9.17) is 16.6 Å². The molecule has 6 N–H and O–H groups in total. The summed E-state index contributed by atoms with van der Waals surface area (Å²) in [6, 6.07) is 5.82. The summed E-state index contributed by atoms with van der Waals surface area (Å²) in [5, 5.41) is 11.5. The lowest BCUT2D eigenvalue weighted by atomic mass is 10.1. The highest BCUT2D eigenvalue weighted by Crippen LogP contribution is 2.05. The van der Waals surface area contributed by atoms with E-state index in [-0.39, 0.29) is 11.5 Å². The van der Waals surface area contributed by atoms with Crippen LogP contribution < -0.4 is 16.8 Å². The van der Waals surface area contributed by atoms with Gasteiger partial charge in [-0.05, 0) is 37.1 Å². The average Bonchev–Trinajstić information content (AvgIpc) is 2.45. The molecule has 110 valence electrons. The van der Waals surface area contributed by atoms with E-state index in [1.54, 1.807) is 12.1 Å². The highest BCUT2D eigenvalue weighted by molar-refractivity contribution is 5.87. The number of hydrogen-bond acceptors (Lipinski definition) is 4. The first-order chi connectivity index (χ1) is 9.54. The summed E-state index contributed by atoms with van der Waals surface area (Å²) in [5.41, 5.74) is 12.2. The Hall–Kier alpha value is -1.92. The number of carboxylic acid groups (broad SMARTS) is 1. The zero-order valence-corrected chi connectivity index (χ0v) is 11.3. The molecule has 0 spiro atoms. The van der Waals surface area contributed by atoms with Gasteiger partial charge in [-0.1, -0.05) is 18.6 Å². The molecule has 0 aliphatic carbocycles. The van der Waals surface area contributed by atoms with Gasteiger partial charge in [0.05, 0.1) is 11.6 Å². The molecule has 0 saturated heterocycles. The Bertz CT molecular complexity index is 445. The second-order valence-electron chi connectivity index (χ2n) is 4.61. The number of hydrogen-bond donors (Lipinski definition) is 4. The van der Waals surface area contributed by atoms with Crippen molar-refractivity contribution in [3.8, 4) is 0 Å². The highest BCUT2D eigenvalue weighted by Gasteiger charge is 2.12. The van der Waals surface area contributed by atoms with Gasteiger partial charge < -0.3 is 21.9 Å². The van der Waals surface area contributed by atoms with Gasteiger partial charge >= 0.3 is 5.97 Å². The molecule has 0 fully saturated rings. The van der Waals surface area contributed by atoms with Crippen LogP contribution in [-0.2, 0) is 11.3 Å². The van der Waals surface area contributed by atoms with Gasteiger partial charge in [0, 0.05) is 6.54 Å². The summed E-state index contributed by atoms with van der Waals surface area (Å²) in [7, 11) is 0. The summed E-state index contributed by atoms with van der Waals surface area (Å²) in [5.74, 6) is -1.17. The van der Waals surface area contributed by atoms with Gasteiger partial charge in [-0.25, -0.2) is 4.79 Å². The van der Waals surface area contributed by atoms with Crippen LogP contribution in [0.5, 0.6) is 0 Å². The monoisotopic (exact) mass is 279 g/mol. The maximum absolute atomic E-state index is 11.7. The molecule has 0 aliphatic heterocycles. The lowest BCUT2D eigenvalue weighted by Gasteiger charge is -2.12. The van der Waals surface area contributed by atoms with Crippen LogP contribution >= 0.6 is 0 Å². The van der Waals surface area contributed by atoms with E-state index in [0.717, 1.165) is 18.4 Å². The molecule has 0 radical (unpaired) electrons. The summed E-state index contributed by atoms with van der Waals surface area (Å²) < 4.78 is 0. The highest BCUT2D eigenvalue weighted by atomic mass is 16.4. The third-order valence-corrected chi connectivity index (χ3v) is 2.97. The molecule has 6 heteroatoms. The molecule has 1 rings (SSSR count). The van der Waals surface area contributed by atoms with Gasteiger partial charge in [-0.15, -0.1) is 0 Å². The molecule has 0 aliphatic rings. The minimum Gasteiger partial charge on any atom is -0.478 e. The zero-order chi connectivity index (χ0) is 15.0. The smallest absolute Gasteiger partial charge is 0.335 e. The molecule has 1 aromatic rings. The summed E-state index contributed by atoms with van der Waals surface area (Å²) >= 11 is 0. The topological polar surface area (TPSA) is 118 Å². The molecule has 6 nitrogen and oxygen atoms in total. The van der Waals surface area contributed by atoms with Gasteiger partial charge in [0.1, 0.15) is 0 Å². The zero-order valence-electron chi connectivity index (χ0n) is 11.3. The summed E-state index contributed by atoms with van der Waals surface area (Å²) in [6.45, 7) is 0.938. The van der Waals surface area contributed by atoms with Crippen molar-refractivity contribution < 1.29 is 14.7 Å². The van der Waals surface area contributed by atoms with Crippen molar-refractivity contribution >= 4 is 11.9 Å². The molecular formula is C14H21N3O3. The van der Waals surface area contributed by atoms with Crippen molar-refractivity contribution in [1.82, 2.24) is 5.32 Å². The largest absolute Gasteiger partial charge is 0.478 e. The average molecular weight is 279 g/mol. The van der Waals surface area contributed by atoms with Crippen LogP contribution in [0.25, 0.3) is 0 Å². The molecule has 0 aromatic heterocycles. The van der Waals surface area contributed by atoms with Crippen LogP contribution in [0.15, 0.2) is 24.3 Å². The fourth-order valence-corrected chi connectivity index (χ4v) is 1.73. The van der Waals surface area contributed by atoms with Crippen LogP contribution in [0.1, 0.15) is 35.2 Å². The minimum absolute atomic E-state index is 0.204. The van der Waals surface area contributed by atoms with Crippen LogP contribution in [0.4, 0.5) is 0 Å². The maximum atomic E-state index is 11.7.